The van der Waals surface area contributed by atoms with Crippen molar-refractivity contribution in [3.05, 3.63) is 34.3 Å². The quantitative estimate of drug-likeness (QED) is 0.792. The zero-order chi connectivity index (χ0) is 12.3. The van der Waals surface area contributed by atoms with E-state index < -0.39 is 0 Å². The number of hydrogen-bond acceptors (Lipinski definition) is 2. The topological polar surface area (TPSA) is 26.3 Å². The van der Waals surface area contributed by atoms with Crippen LogP contribution in [0, 0.1) is 5.41 Å². The van der Waals surface area contributed by atoms with Crippen molar-refractivity contribution in [2.24, 2.45) is 5.41 Å². The van der Waals surface area contributed by atoms with Gasteiger partial charge in [-0.15, -0.1) is 0 Å². The second-order valence-electron chi connectivity index (χ2n) is 4.66. The summed E-state index contributed by atoms with van der Waals surface area (Å²) in [6.45, 7) is 2.34. The Morgan fingerprint density at radius 1 is 1.35 bits per heavy atom. The van der Waals surface area contributed by atoms with Gasteiger partial charge in [0.25, 0.3) is 0 Å². The van der Waals surface area contributed by atoms with E-state index in [1.807, 2.05) is 19.1 Å². The number of benzene rings is 1. The lowest BCUT2D eigenvalue weighted by molar-refractivity contribution is -0.161. The van der Waals surface area contributed by atoms with Gasteiger partial charge in [0.1, 0.15) is 0 Å². The van der Waals surface area contributed by atoms with Crippen molar-refractivity contribution in [2.45, 2.75) is 32.6 Å². The molecule has 2 nitrogen and oxygen atoms in total. The van der Waals surface area contributed by atoms with Gasteiger partial charge in [-0.3, -0.25) is 4.79 Å². The summed E-state index contributed by atoms with van der Waals surface area (Å²) in [6, 6.07) is 8.19. The number of carbonyl (C=O) groups is 1. The predicted octanol–water partition coefficient (Wildman–Crippen LogP) is 3.73. The van der Waals surface area contributed by atoms with E-state index in [2.05, 4.69) is 28.1 Å². The fraction of sp³-hybridized carbons (Fsp3) is 0.500. The maximum atomic E-state index is 12.0. The van der Waals surface area contributed by atoms with Crippen molar-refractivity contribution in [3.63, 3.8) is 0 Å². The average Bonchev–Trinajstić information content (AvgIpc) is 2.26. The second kappa shape index (κ2) is 5.21. The molecule has 0 aliphatic heterocycles. The van der Waals surface area contributed by atoms with Crippen molar-refractivity contribution in [2.75, 3.05) is 6.61 Å². The van der Waals surface area contributed by atoms with Crippen LogP contribution in [0.3, 0.4) is 0 Å². The highest BCUT2D eigenvalue weighted by atomic mass is 79.9. The van der Waals surface area contributed by atoms with Crippen LogP contribution in [0.5, 0.6) is 0 Å². The van der Waals surface area contributed by atoms with E-state index in [0.29, 0.717) is 6.61 Å². The molecule has 0 heterocycles. The van der Waals surface area contributed by atoms with Crippen LogP contribution in [-0.2, 0) is 16.0 Å². The fourth-order valence-corrected chi connectivity index (χ4v) is 2.60. The molecule has 1 aliphatic rings. The summed E-state index contributed by atoms with van der Waals surface area (Å²) < 4.78 is 6.27. The number of halogens is 1. The first-order valence-corrected chi connectivity index (χ1v) is 6.87. The van der Waals surface area contributed by atoms with Crippen molar-refractivity contribution in [1.29, 1.82) is 0 Å². The first kappa shape index (κ1) is 12.6. The van der Waals surface area contributed by atoms with Gasteiger partial charge < -0.3 is 4.74 Å². The Balaban J connectivity index is 2.09. The fourth-order valence-electron chi connectivity index (χ4n) is 2.33. The minimum absolute atomic E-state index is 0.0193. The van der Waals surface area contributed by atoms with Crippen LogP contribution in [0.25, 0.3) is 0 Å². The van der Waals surface area contributed by atoms with Gasteiger partial charge >= 0.3 is 5.97 Å². The third-order valence-corrected chi connectivity index (χ3v) is 4.00. The summed E-state index contributed by atoms with van der Waals surface area (Å²) >= 11 is 3.42. The van der Waals surface area contributed by atoms with Gasteiger partial charge in [0.05, 0.1) is 12.0 Å². The van der Waals surface area contributed by atoms with Crippen LogP contribution >= 0.6 is 15.9 Å². The normalized spacial score (nSPS) is 17.3. The molecule has 0 unspecified atom stereocenters. The summed E-state index contributed by atoms with van der Waals surface area (Å²) in [7, 11) is 0. The van der Waals surface area contributed by atoms with Crippen molar-refractivity contribution in [3.8, 4) is 0 Å². The van der Waals surface area contributed by atoms with Crippen molar-refractivity contribution in [1.82, 2.24) is 0 Å². The highest BCUT2D eigenvalue weighted by Gasteiger charge is 2.45. The number of carbonyl (C=O) groups excluding carboxylic acids is 1. The van der Waals surface area contributed by atoms with E-state index in [0.717, 1.165) is 30.2 Å². The van der Waals surface area contributed by atoms with E-state index >= 15 is 0 Å². The van der Waals surface area contributed by atoms with Gasteiger partial charge in [0.15, 0.2) is 0 Å². The zero-order valence-electron chi connectivity index (χ0n) is 10.0. The molecule has 0 saturated heterocycles. The molecule has 0 amide bonds. The Kier molecular flexibility index (Phi) is 3.87. The number of hydrogen-bond donors (Lipinski definition) is 0. The number of esters is 1. The molecule has 1 aliphatic carbocycles. The molecular weight excluding hydrogens is 280 g/mol. The first-order valence-electron chi connectivity index (χ1n) is 6.08. The lowest BCUT2D eigenvalue weighted by atomic mass is 9.65. The molecular formula is C14H17BrO2. The summed E-state index contributed by atoms with van der Waals surface area (Å²) in [5.74, 6) is -0.0193. The van der Waals surface area contributed by atoms with Gasteiger partial charge in [-0.1, -0.05) is 34.5 Å². The predicted molar refractivity (Wildman–Crippen MR) is 70.8 cm³/mol. The highest BCUT2D eigenvalue weighted by molar-refractivity contribution is 9.10. The van der Waals surface area contributed by atoms with Crippen LogP contribution < -0.4 is 0 Å². The Morgan fingerprint density at radius 2 is 2.00 bits per heavy atom. The molecule has 17 heavy (non-hydrogen) atoms. The maximum absolute atomic E-state index is 12.0. The standard InChI is InChI=1S/C14H17BrO2/c1-2-17-13(16)14(8-3-9-14)10-11-4-6-12(15)7-5-11/h4-7H,2-3,8-10H2,1H3. The molecule has 0 N–H and O–H groups in total. The molecule has 3 heteroatoms. The summed E-state index contributed by atoms with van der Waals surface area (Å²) in [5, 5.41) is 0. The van der Waals surface area contributed by atoms with Crippen LogP contribution in [0.15, 0.2) is 28.7 Å². The summed E-state index contributed by atoms with van der Waals surface area (Å²) in [5.41, 5.74) is 0.963. The SMILES string of the molecule is CCOC(=O)C1(Cc2ccc(Br)cc2)CCC1. The van der Waals surface area contributed by atoms with E-state index in [1.54, 1.807) is 0 Å². The van der Waals surface area contributed by atoms with Gasteiger partial charge in [-0.2, -0.15) is 0 Å². The van der Waals surface area contributed by atoms with E-state index in [1.165, 1.54) is 5.56 Å². The molecule has 0 spiro atoms. The van der Waals surface area contributed by atoms with Crippen LogP contribution in [0.4, 0.5) is 0 Å². The van der Waals surface area contributed by atoms with Crippen molar-refractivity contribution < 1.29 is 9.53 Å². The first-order chi connectivity index (χ1) is 8.16. The summed E-state index contributed by atoms with van der Waals surface area (Å²) in [4.78, 5) is 12.0. The highest BCUT2D eigenvalue weighted by Crippen LogP contribution is 2.44. The van der Waals surface area contributed by atoms with Crippen molar-refractivity contribution >= 4 is 21.9 Å². The Morgan fingerprint density at radius 3 is 2.47 bits per heavy atom. The van der Waals surface area contributed by atoms with E-state index in [9.17, 15) is 4.79 Å². The average molecular weight is 297 g/mol. The molecule has 0 atom stereocenters. The van der Waals surface area contributed by atoms with Crippen LogP contribution in [-0.4, -0.2) is 12.6 Å². The van der Waals surface area contributed by atoms with Gasteiger partial charge in [0.2, 0.25) is 0 Å². The second-order valence-corrected chi connectivity index (χ2v) is 5.57. The minimum Gasteiger partial charge on any atom is -0.466 e. The lowest BCUT2D eigenvalue weighted by Gasteiger charge is -2.39. The van der Waals surface area contributed by atoms with E-state index in [-0.39, 0.29) is 11.4 Å². The zero-order valence-corrected chi connectivity index (χ0v) is 11.6. The molecule has 0 radical (unpaired) electrons. The molecule has 1 aromatic rings. The third kappa shape index (κ3) is 2.71. The van der Waals surface area contributed by atoms with Gasteiger partial charge in [0, 0.05) is 4.47 Å². The lowest BCUT2D eigenvalue weighted by Crippen LogP contribution is -2.41. The molecule has 92 valence electrons. The third-order valence-electron chi connectivity index (χ3n) is 3.47. The van der Waals surface area contributed by atoms with Crippen LogP contribution in [0.1, 0.15) is 31.7 Å². The Hall–Kier alpha value is -0.830. The van der Waals surface area contributed by atoms with Gasteiger partial charge in [-0.05, 0) is 43.9 Å². The largest absolute Gasteiger partial charge is 0.466 e. The van der Waals surface area contributed by atoms with Gasteiger partial charge in [-0.25, -0.2) is 0 Å². The molecule has 0 bridgehead atoms. The summed E-state index contributed by atoms with van der Waals surface area (Å²) in [6.07, 6.45) is 3.86. The molecule has 1 saturated carbocycles. The molecule has 1 fully saturated rings. The molecule has 2 rings (SSSR count). The van der Waals surface area contributed by atoms with E-state index in [4.69, 9.17) is 4.74 Å². The minimum atomic E-state index is -0.246. The maximum Gasteiger partial charge on any atom is 0.312 e. The Bertz CT molecular complexity index is 393. The molecule has 0 aromatic heterocycles. The smallest absolute Gasteiger partial charge is 0.312 e. The van der Waals surface area contributed by atoms with Crippen LogP contribution in [0.2, 0.25) is 0 Å². The molecule has 1 aromatic carbocycles. The Labute approximate surface area is 110 Å². The number of ether oxygens (including phenoxy) is 1. The monoisotopic (exact) mass is 296 g/mol. The number of rotatable bonds is 4.